The topological polar surface area (TPSA) is 25.8 Å². The highest BCUT2D eigenvalue weighted by Gasteiger charge is 1.98. The van der Waals surface area contributed by atoms with Gasteiger partial charge in [-0.05, 0) is 32.0 Å². The minimum atomic E-state index is 0.992. The zero-order chi connectivity index (χ0) is 10.7. The van der Waals surface area contributed by atoms with Gasteiger partial charge in [-0.25, -0.2) is 9.97 Å². The molecule has 0 N–H and O–H groups in total. The largest absolute Gasteiger partial charge is 0.242 e. The van der Waals surface area contributed by atoms with Gasteiger partial charge in [0.25, 0.3) is 0 Å². The SMILES string of the molecule is Cc1ccc(Sc2cc(C)ncn2)cc1. The monoisotopic (exact) mass is 216 g/mol. The van der Waals surface area contributed by atoms with Crippen LogP contribution in [-0.2, 0) is 0 Å². The molecule has 0 bridgehead atoms. The summed E-state index contributed by atoms with van der Waals surface area (Å²) in [6, 6.07) is 10.4. The lowest BCUT2D eigenvalue weighted by atomic mass is 10.2. The van der Waals surface area contributed by atoms with E-state index in [4.69, 9.17) is 0 Å². The van der Waals surface area contributed by atoms with E-state index in [0.29, 0.717) is 0 Å². The molecule has 2 nitrogen and oxygen atoms in total. The van der Waals surface area contributed by atoms with Gasteiger partial charge in [0, 0.05) is 10.6 Å². The van der Waals surface area contributed by atoms with E-state index < -0.39 is 0 Å². The van der Waals surface area contributed by atoms with E-state index in [1.54, 1.807) is 18.1 Å². The normalized spacial score (nSPS) is 10.3. The van der Waals surface area contributed by atoms with E-state index >= 15 is 0 Å². The van der Waals surface area contributed by atoms with Gasteiger partial charge in [-0.1, -0.05) is 29.5 Å². The van der Waals surface area contributed by atoms with E-state index in [2.05, 4.69) is 41.2 Å². The van der Waals surface area contributed by atoms with Crippen LogP contribution >= 0.6 is 11.8 Å². The molecule has 0 radical (unpaired) electrons. The molecule has 0 atom stereocenters. The Kier molecular flexibility index (Phi) is 3.02. The van der Waals surface area contributed by atoms with E-state index in [1.165, 1.54) is 10.5 Å². The van der Waals surface area contributed by atoms with Crippen molar-refractivity contribution in [3.8, 4) is 0 Å². The maximum absolute atomic E-state index is 4.21. The first-order valence-electron chi connectivity index (χ1n) is 4.77. The summed E-state index contributed by atoms with van der Waals surface area (Å²) in [5, 5.41) is 0.992. The third-order valence-corrected chi connectivity index (χ3v) is 2.96. The van der Waals surface area contributed by atoms with Gasteiger partial charge < -0.3 is 0 Å². The molecular formula is C12H12N2S. The first-order chi connectivity index (χ1) is 7.24. The van der Waals surface area contributed by atoms with Crippen LogP contribution in [0, 0.1) is 13.8 Å². The van der Waals surface area contributed by atoms with Gasteiger partial charge >= 0.3 is 0 Å². The third-order valence-electron chi connectivity index (χ3n) is 2.02. The second kappa shape index (κ2) is 4.45. The molecule has 0 saturated heterocycles. The lowest BCUT2D eigenvalue weighted by Gasteiger charge is -2.01. The van der Waals surface area contributed by atoms with Gasteiger partial charge in [0.1, 0.15) is 11.4 Å². The molecule has 1 heterocycles. The van der Waals surface area contributed by atoms with Crippen molar-refractivity contribution in [3.63, 3.8) is 0 Å². The number of aromatic nitrogens is 2. The highest BCUT2D eigenvalue weighted by molar-refractivity contribution is 7.99. The number of aryl methyl sites for hydroxylation is 2. The zero-order valence-corrected chi connectivity index (χ0v) is 9.58. The maximum Gasteiger partial charge on any atom is 0.116 e. The van der Waals surface area contributed by atoms with Crippen molar-refractivity contribution in [2.75, 3.05) is 0 Å². The highest BCUT2D eigenvalue weighted by atomic mass is 32.2. The molecule has 0 spiro atoms. The highest BCUT2D eigenvalue weighted by Crippen LogP contribution is 2.25. The third kappa shape index (κ3) is 2.80. The smallest absolute Gasteiger partial charge is 0.116 e. The molecule has 2 rings (SSSR count). The van der Waals surface area contributed by atoms with Crippen LogP contribution in [0.25, 0.3) is 0 Å². The fourth-order valence-corrected chi connectivity index (χ4v) is 2.06. The quantitative estimate of drug-likeness (QED) is 0.721. The number of nitrogens with zero attached hydrogens (tertiary/aromatic N) is 2. The first kappa shape index (κ1) is 10.2. The van der Waals surface area contributed by atoms with Gasteiger partial charge in [0.05, 0.1) is 0 Å². The Morgan fingerprint density at radius 2 is 1.73 bits per heavy atom. The molecule has 0 aliphatic rings. The average Bonchev–Trinajstić information content (AvgIpc) is 2.22. The molecular weight excluding hydrogens is 204 g/mol. The van der Waals surface area contributed by atoms with Crippen molar-refractivity contribution < 1.29 is 0 Å². The molecule has 0 unspecified atom stereocenters. The van der Waals surface area contributed by atoms with E-state index in [0.717, 1.165) is 10.7 Å². The number of hydrogen-bond acceptors (Lipinski definition) is 3. The zero-order valence-electron chi connectivity index (χ0n) is 8.77. The minimum absolute atomic E-state index is 0.992. The fourth-order valence-electron chi connectivity index (χ4n) is 1.21. The standard InChI is InChI=1S/C12H12N2S/c1-9-3-5-11(6-4-9)15-12-7-10(2)13-8-14-12/h3-8H,1-2H3. The Bertz CT molecular complexity index is 451. The summed E-state index contributed by atoms with van der Waals surface area (Å²) in [6.07, 6.45) is 1.60. The number of benzene rings is 1. The lowest BCUT2D eigenvalue weighted by molar-refractivity contribution is 1.01. The van der Waals surface area contributed by atoms with Crippen LogP contribution in [0.3, 0.4) is 0 Å². The van der Waals surface area contributed by atoms with E-state index in [-0.39, 0.29) is 0 Å². The second-order valence-corrected chi connectivity index (χ2v) is 4.51. The van der Waals surface area contributed by atoms with Crippen LogP contribution in [0.1, 0.15) is 11.3 Å². The summed E-state index contributed by atoms with van der Waals surface area (Å²) in [6.45, 7) is 4.06. The fraction of sp³-hybridized carbons (Fsp3) is 0.167. The van der Waals surface area contributed by atoms with Crippen molar-refractivity contribution in [1.29, 1.82) is 0 Å². The second-order valence-electron chi connectivity index (χ2n) is 3.41. The summed E-state index contributed by atoms with van der Waals surface area (Å²) in [5.74, 6) is 0. The van der Waals surface area contributed by atoms with Crippen molar-refractivity contribution >= 4 is 11.8 Å². The number of hydrogen-bond donors (Lipinski definition) is 0. The molecule has 0 amide bonds. The molecule has 3 heteroatoms. The lowest BCUT2D eigenvalue weighted by Crippen LogP contribution is -1.85. The Morgan fingerprint density at radius 3 is 2.40 bits per heavy atom. The summed E-state index contributed by atoms with van der Waals surface area (Å²) >= 11 is 1.66. The summed E-state index contributed by atoms with van der Waals surface area (Å²) < 4.78 is 0. The van der Waals surface area contributed by atoms with Gasteiger partial charge in [-0.2, -0.15) is 0 Å². The minimum Gasteiger partial charge on any atom is -0.242 e. The molecule has 0 aliphatic carbocycles. The van der Waals surface area contributed by atoms with Crippen molar-refractivity contribution in [2.45, 2.75) is 23.8 Å². The first-order valence-corrected chi connectivity index (χ1v) is 5.59. The van der Waals surface area contributed by atoms with Crippen LogP contribution in [0.2, 0.25) is 0 Å². The van der Waals surface area contributed by atoms with Gasteiger partial charge in [0.15, 0.2) is 0 Å². The Labute approximate surface area is 93.8 Å². The molecule has 15 heavy (non-hydrogen) atoms. The van der Waals surface area contributed by atoms with Gasteiger partial charge in [0.2, 0.25) is 0 Å². The molecule has 1 aromatic carbocycles. The van der Waals surface area contributed by atoms with E-state index in [1.807, 2.05) is 13.0 Å². The maximum atomic E-state index is 4.21. The molecule has 2 aromatic rings. The van der Waals surface area contributed by atoms with Crippen LogP contribution in [0.15, 0.2) is 46.6 Å². The summed E-state index contributed by atoms with van der Waals surface area (Å²) in [4.78, 5) is 9.49. The molecule has 0 aliphatic heterocycles. The average molecular weight is 216 g/mol. The molecule has 76 valence electrons. The summed E-state index contributed by atoms with van der Waals surface area (Å²) in [5.41, 5.74) is 2.28. The van der Waals surface area contributed by atoms with Crippen molar-refractivity contribution in [1.82, 2.24) is 9.97 Å². The Balaban J connectivity index is 2.18. The van der Waals surface area contributed by atoms with Crippen LogP contribution in [0.5, 0.6) is 0 Å². The Morgan fingerprint density at radius 1 is 1.00 bits per heavy atom. The van der Waals surface area contributed by atoms with Crippen LogP contribution in [-0.4, -0.2) is 9.97 Å². The van der Waals surface area contributed by atoms with Gasteiger partial charge in [-0.15, -0.1) is 0 Å². The predicted octanol–water partition coefficient (Wildman–Crippen LogP) is 3.24. The molecule has 0 fully saturated rings. The Hall–Kier alpha value is -1.35. The van der Waals surface area contributed by atoms with Crippen LogP contribution < -0.4 is 0 Å². The number of rotatable bonds is 2. The van der Waals surface area contributed by atoms with E-state index in [9.17, 15) is 0 Å². The molecule has 1 aromatic heterocycles. The molecule has 0 saturated carbocycles. The van der Waals surface area contributed by atoms with Crippen LogP contribution in [0.4, 0.5) is 0 Å². The van der Waals surface area contributed by atoms with Crippen molar-refractivity contribution in [2.24, 2.45) is 0 Å². The van der Waals surface area contributed by atoms with Crippen molar-refractivity contribution in [3.05, 3.63) is 47.9 Å². The summed E-state index contributed by atoms with van der Waals surface area (Å²) in [7, 11) is 0. The predicted molar refractivity (Wildman–Crippen MR) is 62.1 cm³/mol. The van der Waals surface area contributed by atoms with Gasteiger partial charge in [-0.3, -0.25) is 0 Å².